The lowest BCUT2D eigenvalue weighted by Gasteiger charge is -2.02. The summed E-state index contributed by atoms with van der Waals surface area (Å²) in [5.41, 5.74) is 0.778. The Balaban J connectivity index is 2.30. The summed E-state index contributed by atoms with van der Waals surface area (Å²) in [4.78, 5) is 16.0. The van der Waals surface area contributed by atoms with E-state index in [-0.39, 0.29) is 11.2 Å². The van der Waals surface area contributed by atoms with Crippen LogP contribution >= 0.6 is 0 Å². The van der Waals surface area contributed by atoms with Crippen LogP contribution in [0.25, 0.3) is 22.4 Å². The maximum Gasteiger partial charge on any atom is 0.193 e. The van der Waals surface area contributed by atoms with Gasteiger partial charge in [-0.25, -0.2) is 0 Å². The van der Waals surface area contributed by atoms with E-state index in [0.717, 1.165) is 0 Å². The number of hydrogen-bond acceptors (Lipinski definition) is 4. The highest BCUT2D eigenvalue weighted by Crippen LogP contribution is 2.22. The predicted octanol–water partition coefficient (Wildman–Crippen LogP) is 2.56. The van der Waals surface area contributed by atoms with Crippen molar-refractivity contribution < 1.29 is 9.52 Å². The SMILES string of the molecule is O=c1cc(-c2ccccn2)oc2cc(O)ccc12. The molecule has 0 aliphatic carbocycles. The molecular weight excluding hydrogens is 230 g/mol. The molecule has 0 amide bonds. The third-order valence-corrected chi connectivity index (χ3v) is 2.63. The van der Waals surface area contributed by atoms with Crippen LogP contribution in [0.2, 0.25) is 0 Å². The number of aromatic hydroxyl groups is 1. The Morgan fingerprint density at radius 3 is 2.78 bits per heavy atom. The molecule has 2 aromatic heterocycles. The molecule has 0 saturated heterocycles. The number of phenols is 1. The Kier molecular flexibility index (Phi) is 2.34. The molecule has 18 heavy (non-hydrogen) atoms. The van der Waals surface area contributed by atoms with Crippen LogP contribution in [0.3, 0.4) is 0 Å². The Morgan fingerprint density at radius 1 is 1.11 bits per heavy atom. The molecule has 0 radical (unpaired) electrons. The van der Waals surface area contributed by atoms with Crippen molar-refractivity contribution in [2.24, 2.45) is 0 Å². The maximum atomic E-state index is 11.9. The van der Waals surface area contributed by atoms with Crippen LogP contribution in [0.5, 0.6) is 5.75 Å². The number of aromatic nitrogens is 1. The normalized spacial score (nSPS) is 10.7. The fraction of sp³-hybridized carbons (Fsp3) is 0. The van der Waals surface area contributed by atoms with Crippen LogP contribution in [0.1, 0.15) is 0 Å². The topological polar surface area (TPSA) is 63.3 Å². The number of pyridine rings is 1. The molecule has 4 nitrogen and oxygen atoms in total. The highest BCUT2D eigenvalue weighted by molar-refractivity contribution is 5.79. The second-order valence-corrected chi connectivity index (χ2v) is 3.87. The van der Waals surface area contributed by atoms with Gasteiger partial charge in [-0.05, 0) is 24.3 Å². The van der Waals surface area contributed by atoms with Crippen LogP contribution in [-0.2, 0) is 0 Å². The minimum absolute atomic E-state index is 0.0591. The van der Waals surface area contributed by atoms with Crippen LogP contribution < -0.4 is 5.43 Å². The monoisotopic (exact) mass is 239 g/mol. The van der Waals surface area contributed by atoms with Gasteiger partial charge in [0, 0.05) is 18.3 Å². The van der Waals surface area contributed by atoms with Gasteiger partial charge in [0.2, 0.25) is 0 Å². The van der Waals surface area contributed by atoms with Gasteiger partial charge in [0.05, 0.1) is 5.39 Å². The third-order valence-electron chi connectivity index (χ3n) is 2.63. The first-order chi connectivity index (χ1) is 8.74. The van der Waals surface area contributed by atoms with Crippen LogP contribution in [0.15, 0.2) is 57.9 Å². The van der Waals surface area contributed by atoms with E-state index in [1.807, 2.05) is 6.07 Å². The van der Waals surface area contributed by atoms with Crippen molar-refractivity contribution in [2.45, 2.75) is 0 Å². The van der Waals surface area contributed by atoms with Crippen LogP contribution in [0, 0.1) is 0 Å². The average molecular weight is 239 g/mol. The Morgan fingerprint density at radius 2 is 2.00 bits per heavy atom. The Labute approximate surface area is 102 Å². The summed E-state index contributed by atoms with van der Waals surface area (Å²) in [6, 6.07) is 11.2. The van der Waals surface area contributed by atoms with E-state index < -0.39 is 0 Å². The van der Waals surface area contributed by atoms with Gasteiger partial charge in [-0.1, -0.05) is 6.07 Å². The molecule has 0 aliphatic rings. The zero-order valence-corrected chi connectivity index (χ0v) is 9.33. The molecule has 3 aromatic rings. The first kappa shape index (κ1) is 10.5. The summed E-state index contributed by atoms with van der Waals surface area (Å²) < 4.78 is 5.59. The number of phenolic OH excluding ortho intramolecular Hbond substituents is 1. The molecule has 1 aromatic carbocycles. The maximum absolute atomic E-state index is 11.9. The van der Waals surface area contributed by atoms with Gasteiger partial charge in [0.1, 0.15) is 17.0 Å². The van der Waals surface area contributed by atoms with Crippen LogP contribution in [0.4, 0.5) is 0 Å². The predicted molar refractivity (Wildman–Crippen MR) is 67.4 cm³/mol. The minimum Gasteiger partial charge on any atom is -0.508 e. The quantitative estimate of drug-likeness (QED) is 0.708. The number of nitrogens with zero attached hydrogens (tertiary/aromatic N) is 1. The van der Waals surface area contributed by atoms with Gasteiger partial charge in [0.25, 0.3) is 0 Å². The van der Waals surface area contributed by atoms with E-state index in [0.29, 0.717) is 22.4 Å². The molecule has 0 unspecified atom stereocenters. The largest absolute Gasteiger partial charge is 0.508 e. The van der Waals surface area contributed by atoms with Gasteiger partial charge >= 0.3 is 0 Å². The number of hydrogen-bond donors (Lipinski definition) is 1. The molecule has 4 heteroatoms. The molecule has 0 bridgehead atoms. The van der Waals surface area contributed by atoms with Crippen molar-refractivity contribution in [3.63, 3.8) is 0 Å². The molecule has 3 rings (SSSR count). The highest BCUT2D eigenvalue weighted by Gasteiger charge is 2.07. The Bertz CT molecular complexity index is 763. The lowest BCUT2D eigenvalue weighted by atomic mass is 10.2. The van der Waals surface area contributed by atoms with E-state index in [1.54, 1.807) is 24.4 Å². The number of benzene rings is 1. The van der Waals surface area contributed by atoms with Crippen molar-refractivity contribution >= 4 is 11.0 Å². The van der Waals surface area contributed by atoms with E-state index in [2.05, 4.69) is 4.98 Å². The van der Waals surface area contributed by atoms with E-state index in [4.69, 9.17) is 4.42 Å². The summed E-state index contributed by atoms with van der Waals surface area (Å²) in [7, 11) is 0. The summed E-state index contributed by atoms with van der Waals surface area (Å²) in [6.07, 6.45) is 1.63. The van der Waals surface area contributed by atoms with Gasteiger partial charge in [0.15, 0.2) is 11.2 Å². The third kappa shape index (κ3) is 1.73. The standard InChI is InChI=1S/C14H9NO3/c16-9-4-5-10-12(17)8-14(18-13(10)7-9)11-3-1-2-6-15-11/h1-8,16H. The molecule has 0 saturated carbocycles. The van der Waals surface area contributed by atoms with Crippen molar-refractivity contribution in [3.8, 4) is 17.2 Å². The summed E-state index contributed by atoms with van der Waals surface area (Å²) in [6.45, 7) is 0. The fourth-order valence-corrected chi connectivity index (χ4v) is 1.78. The first-order valence-electron chi connectivity index (χ1n) is 5.42. The van der Waals surface area contributed by atoms with Gasteiger partial charge in [-0.2, -0.15) is 0 Å². The molecule has 2 heterocycles. The lowest BCUT2D eigenvalue weighted by Crippen LogP contribution is -2.00. The smallest absolute Gasteiger partial charge is 0.193 e. The zero-order valence-electron chi connectivity index (χ0n) is 9.33. The molecule has 0 aliphatic heterocycles. The second-order valence-electron chi connectivity index (χ2n) is 3.87. The Hall–Kier alpha value is -2.62. The summed E-state index contributed by atoms with van der Waals surface area (Å²) in [5.74, 6) is 0.447. The van der Waals surface area contributed by atoms with E-state index in [1.165, 1.54) is 18.2 Å². The van der Waals surface area contributed by atoms with E-state index in [9.17, 15) is 9.90 Å². The molecular formula is C14H9NO3. The van der Waals surface area contributed by atoms with Crippen LogP contribution in [-0.4, -0.2) is 10.1 Å². The molecule has 0 fully saturated rings. The summed E-state index contributed by atoms with van der Waals surface area (Å²) in [5, 5.41) is 9.84. The second kappa shape index (κ2) is 4.00. The van der Waals surface area contributed by atoms with Crippen molar-refractivity contribution in [1.82, 2.24) is 4.98 Å². The first-order valence-corrected chi connectivity index (χ1v) is 5.42. The van der Waals surface area contributed by atoms with Gasteiger partial charge in [-0.15, -0.1) is 0 Å². The van der Waals surface area contributed by atoms with Crippen molar-refractivity contribution in [2.75, 3.05) is 0 Å². The molecule has 0 atom stereocenters. The number of rotatable bonds is 1. The highest BCUT2D eigenvalue weighted by atomic mass is 16.3. The minimum atomic E-state index is -0.156. The van der Waals surface area contributed by atoms with Gasteiger partial charge in [-0.3, -0.25) is 9.78 Å². The zero-order chi connectivity index (χ0) is 12.5. The summed E-state index contributed by atoms with van der Waals surface area (Å²) >= 11 is 0. The lowest BCUT2D eigenvalue weighted by molar-refractivity contribution is 0.474. The fourth-order valence-electron chi connectivity index (χ4n) is 1.78. The molecule has 1 N–H and O–H groups in total. The van der Waals surface area contributed by atoms with Crippen molar-refractivity contribution in [3.05, 3.63) is 58.9 Å². The average Bonchev–Trinajstić information content (AvgIpc) is 2.39. The molecule has 0 spiro atoms. The number of fused-ring (bicyclic) bond motifs is 1. The molecule has 88 valence electrons. The van der Waals surface area contributed by atoms with Gasteiger partial charge < -0.3 is 9.52 Å². The van der Waals surface area contributed by atoms with Crippen molar-refractivity contribution in [1.29, 1.82) is 0 Å². The van der Waals surface area contributed by atoms with E-state index >= 15 is 0 Å².